The molecule has 1 heterocycles. The minimum Gasteiger partial charge on any atom is -0.302 e. The predicted octanol–water partition coefficient (Wildman–Crippen LogP) is 4.69. The Labute approximate surface area is 134 Å². The van der Waals surface area contributed by atoms with E-state index in [9.17, 15) is 13.2 Å². The molecule has 0 saturated carbocycles. The second-order valence-electron chi connectivity index (χ2n) is 5.48. The van der Waals surface area contributed by atoms with Gasteiger partial charge in [-0.2, -0.15) is 13.2 Å². The van der Waals surface area contributed by atoms with E-state index in [0.29, 0.717) is 5.56 Å². The summed E-state index contributed by atoms with van der Waals surface area (Å²) in [6.07, 6.45) is 2.13. The zero-order chi connectivity index (χ0) is 16.9. The first kappa shape index (κ1) is 17.4. The molecule has 0 aliphatic rings. The second kappa shape index (κ2) is 7.55. The number of hydrogen-bond donors (Lipinski definition) is 1. The Morgan fingerprint density at radius 3 is 2.61 bits per heavy atom. The molecule has 1 aromatic carbocycles. The van der Waals surface area contributed by atoms with Gasteiger partial charge >= 0.3 is 6.18 Å². The zero-order valence-electron chi connectivity index (χ0n) is 13.1. The van der Waals surface area contributed by atoms with E-state index in [1.807, 2.05) is 13.8 Å². The van der Waals surface area contributed by atoms with E-state index in [-0.39, 0.29) is 12.1 Å². The van der Waals surface area contributed by atoms with Crippen molar-refractivity contribution in [2.75, 3.05) is 0 Å². The maximum absolute atomic E-state index is 12.9. The van der Waals surface area contributed by atoms with Crippen LogP contribution >= 0.6 is 0 Å². The van der Waals surface area contributed by atoms with Crippen LogP contribution in [0.25, 0.3) is 0 Å². The van der Waals surface area contributed by atoms with Crippen molar-refractivity contribution >= 4 is 0 Å². The molecule has 0 amide bonds. The molecule has 1 aromatic heterocycles. The van der Waals surface area contributed by atoms with E-state index in [1.165, 1.54) is 12.1 Å². The van der Waals surface area contributed by atoms with Gasteiger partial charge in [-0.3, -0.25) is 9.97 Å². The smallest absolute Gasteiger partial charge is 0.302 e. The lowest BCUT2D eigenvalue weighted by Gasteiger charge is -2.24. The van der Waals surface area contributed by atoms with Crippen molar-refractivity contribution in [2.24, 2.45) is 0 Å². The summed E-state index contributed by atoms with van der Waals surface area (Å²) >= 11 is 0. The van der Waals surface area contributed by atoms with Gasteiger partial charge in [-0.25, -0.2) is 0 Å². The number of benzene rings is 1. The van der Waals surface area contributed by atoms with E-state index in [0.717, 1.165) is 24.6 Å². The molecule has 0 aliphatic heterocycles. The topological polar surface area (TPSA) is 37.8 Å². The molecule has 124 valence electrons. The third kappa shape index (κ3) is 4.76. The molecule has 2 atom stereocenters. The molecule has 2 aromatic rings. The summed E-state index contributed by atoms with van der Waals surface area (Å²) in [6.45, 7) is 3.94. The summed E-state index contributed by atoms with van der Waals surface area (Å²) in [5.74, 6) is 0. The van der Waals surface area contributed by atoms with E-state index in [4.69, 9.17) is 0 Å². The summed E-state index contributed by atoms with van der Waals surface area (Å²) in [4.78, 5) is 8.26. The maximum atomic E-state index is 12.9. The number of nitrogens with one attached hydrogen (secondary N) is 1. The third-order valence-corrected chi connectivity index (χ3v) is 3.67. The minimum atomic E-state index is -4.33. The van der Waals surface area contributed by atoms with E-state index in [1.54, 1.807) is 24.7 Å². The molecule has 6 heteroatoms. The van der Waals surface area contributed by atoms with Crippen molar-refractivity contribution in [3.63, 3.8) is 0 Å². The molecule has 0 fully saturated rings. The minimum absolute atomic E-state index is 0.102. The Hall–Kier alpha value is -1.95. The zero-order valence-corrected chi connectivity index (χ0v) is 13.1. The fourth-order valence-corrected chi connectivity index (χ4v) is 2.49. The number of aromatic nitrogens is 2. The molecular weight excluding hydrogens is 303 g/mol. The van der Waals surface area contributed by atoms with Gasteiger partial charge in [0.1, 0.15) is 0 Å². The fourth-order valence-electron chi connectivity index (χ4n) is 2.49. The van der Waals surface area contributed by atoms with Crippen LogP contribution in [0.1, 0.15) is 55.6 Å². The summed E-state index contributed by atoms with van der Waals surface area (Å²) in [5, 5.41) is 3.36. The van der Waals surface area contributed by atoms with Crippen LogP contribution in [-0.2, 0) is 6.18 Å². The largest absolute Gasteiger partial charge is 0.416 e. The van der Waals surface area contributed by atoms with Crippen molar-refractivity contribution < 1.29 is 13.2 Å². The molecule has 0 spiro atoms. The van der Waals surface area contributed by atoms with Gasteiger partial charge in [-0.1, -0.05) is 25.5 Å². The Morgan fingerprint density at radius 2 is 2.00 bits per heavy atom. The molecule has 1 N–H and O–H groups in total. The first-order chi connectivity index (χ1) is 10.9. The lowest BCUT2D eigenvalue weighted by atomic mass is 9.99. The monoisotopic (exact) mass is 323 g/mol. The van der Waals surface area contributed by atoms with Gasteiger partial charge in [0.15, 0.2) is 0 Å². The van der Waals surface area contributed by atoms with Gasteiger partial charge < -0.3 is 5.32 Å². The van der Waals surface area contributed by atoms with Gasteiger partial charge in [0.2, 0.25) is 0 Å². The number of rotatable bonds is 6. The van der Waals surface area contributed by atoms with Crippen LogP contribution in [0, 0.1) is 0 Å². The summed E-state index contributed by atoms with van der Waals surface area (Å²) < 4.78 is 38.7. The lowest BCUT2D eigenvalue weighted by molar-refractivity contribution is -0.137. The number of hydrogen-bond acceptors (Lipinski definition) is 3. The molecule has 0 radical (unpaired) electrons. The van der Waals surface area contributed by atoms with Crippen molar-refractivity contribution in [3.05, 3.63) is 59.7 Å². The van der Waals surface area contributed by atoms with Gasteiger partial charge in [0.25, 0.3) is 0 Å². The Balaban J connectivity index is 2.21. The van der Waals surface area contributed by atoms with Gasteiger partial charge in [-0.05, 0) is 31.0 Å². The summed E-state index contributed by atoms with van der Waals surface area (Å²) in [7, 11) is 0. The third-order valence-electron chi connectivity index (χ3n) is 3.67. The SMILES string of the molecule is CCC[C@H](N[C@@H](C)c1cnccn1)c1cccc(C(F)(F)F)c1. The van der Waals surface area contributed by atoms with E-state index < -0.39 is 11.7 Å². The van der Waals surface area contributed by atoms with E-state index in [2.05, 4.69) is 15.3 Å². The predicted molar refractivity (Wildman–Crippen MR) is 82.7 cm³/mol. The van der Waals surface area contributed by atoms with Crippen LogP contribution in [0.3, 0.4) is 0 Å². The van der Waals surface area contributed by atoms with Gasteiger partial charge in [0, 0.05) is 30.7 Å². The van der Waals surface area contributed by atoms with Crippen LogP contribution in [0.4, 0.5) is 13.2 Å². The Bertz CT molecular complexity index is 614. The molecule has 0 aliphatic carbocycles. The normalized spacial score (nSPS) is 14.5. The highest BCUT2D eigenvalue weighted by Crippen LogP contribution is 2.32. The quantitative estimate of drug-likeness (QED) is 0.838. The highest BCUT2D eigenvalue weighted by atomic mass is 19.4. The number of alkyl halides is 3. The van der Waals surface area contributed by atoms with Crippen LogP contribution in [0.15, 0.2) is 42.9 Å². The molecule has 0 unspecified atom stereocenters. The number of nitrogens with zero attached hydrogens (tertiary/aromatic N) is 2. The van der Waals surface area contributed by atoms with Crippen LogP contribution in [0.5, 0.6) is 0 Å². The Morgan fingerprint density at radius 1 is 1.22 bits per heavy atom. The second-order valence-corrected chi connectivity index (χ2v) is 5.48. The molecule has 3 nitrogen and oxygen atoms in total. The number of halogens is 3. The molecule has 23 heavy (non-hydrogen) atoms. The molecule has 0 bridgehead atoms. The van der Waals surface area contributed by atoms with Crippen molar-refractivity contribution in [3.8, 4) is 0 Å². The van der Waals surface area contributed by atoms with Crippen molar-refractivity contribution in [1.82, 2.24) is 15.3 Å². The molecular formula is C17H20F3N3. The molecule has 0 saturated heterocycles. The fraction of sp³-hybridized carbons (Fsp3) is 0.412. The first-order valence-corrected chi connectivity index (χ1v) is 7.61. The standard InChI is InChI=1S/C17H20F3N3/c1-3-5-15(23-12(2)16-11-21-8-9-22-16)13-6-4-7-14(10-13)17(18,19)20/h4,6-12,15,23H,3,5H2,1-2H3/t12-,15-/m0/s1. The van der Waals surface area contributed by atoms with Gasteiger partial charge in [-0.15, -0.1) is 0 Å². The van der Waals surface area contributed by atoms with Gasteiger partial charge in [0.05, 0.1) is 11.3 Å². The molecule has 2 rings (SSSR count). The summed E-state index contributed by atoms with van der Waals surface area (Å²) in [6, 6.07) is 5.23. The average molecular weight is 323 g/mol. The lowest BCUT2D eigenvalue weighted by Crippen LogP contribution is -2.25. The summed E-state index contributed by atoms with van der Waals surface area (Å²) in [5.41, 5.74) is 0.781. The van der Waals surface area contributed by atoms with Crippen LogP contribution < -0.4 is 5.32 Å². The average Bonchev–Trinajstić information content (AvgIpc) is 2.54. The Kier molecular flexibility index (Phi) is 5.71. The van der Waals surface area contributed by atoms with Crippen LogP contribution in [-0.4, -0.2) is 9.97 Å². The van der Waals surface area contributed by atoms with Crippen molar-refractivity contribution in [2.45, 2.75) is 44.9 Å². The van der Waals surface area contributed by atoms with Crippen LogP contribution in [0.2, 0.25) is 0 Å². The maximum Gasteiger partial charge on any atom is 0.416 e. The first-order valence-electron chi connectivity index (χ1n) is 7.61. The highest BCUT2D eigenvalue weighted by molar-refractivity contribution is 5.28. The highest BCUT2D eigenvalue weighted by Gasteiger charge is 2.31. The van der Waals surface area contributed by atoms with E-state index >= 15 is 0 Å². The van der Waals surface area contributed by atoms with Crippen molar-refractivity contribution in [1.29, 1.82) is 0 Å².